The highest BCUT2D eigenvalue weighted by Crippen LogP contribution is 2.01. The Labute approximate surface area is 161 Å². The first-order valence-electron chi connectivity index (χ1n) is 7.78. The molecule has 3 atom stereocenters. The van der Waals surface area contributed by atoms with E-state index in [-0.39, 0.29) is 6.42 Å². The average molecular weight is 445 g/mol. The second kappa shape index (κ2) is 10.6. The minimum atomic E-state index is -4.54. The molecule has 28 heavy (non-hydrogen) atoms. The molecule has 15 heteroatoms. The van der Waals surface area contributed by atoms with E-state index in [1.54, 1.807) is 0 Å². The van der Waals surface area contributed by atoms with Crippen molar-refractivity contribution in [1.82, 2.24) is 10.6 Å². The Hall–Kier alpha value is -1.94. The van der Waals surface area contributed by atoms with Gasteiger partial charge < -0.3 is 16.4 Å². The maximum atomic E-state index is 11.9. The number of amides is 2. The number of carbonyl (C=O) groups is 4. The minimum absolute atomic E-state index is 0.287. The van der Waals surface area contributed by atoms with Gasteiger partial charge in [0.2, 0.25) is 11.8 Å². The van der Waals surface area contributed by atoms with Crippen molar-refractivity contribution in [2.24, 2.45) is 5.73 Å². The van der Waals surface area contributed by atoms with E-state index in [0.29, 0.717) is 0 Å². The van der Waals surface area contributed by atoms with E-state index >= 15 is 0 Å². The van der Waals surface area contributed by atoms with E-state index < -0.39 is 79.7 Å². The molecule has 2 amide bonds. The molecule has 0 heterocycles. The van der Waals surface area contributed by atoms with E-state index in [2.05, 4.69) is 5.32 Å². The summed E-state index contributed by atoms with van der Waals surface area (Å²) in [6.45, 7) is 2.00. The van der Waals surface area contributed by atoms with Crippen molar-refractivity contribution in [2.75, 3.05) is 11.5 Å². The fourth-order valence-electron chi connectivity index (χ4n) is 1.91. The molecule has 0 saturated carbocycles. The average Bonchev–Trinajstić information content (AvgIpc) is 2.48. The fourth-order valence-corrected chi connectivity index (χ4v) is 3.38. The normalized spacial score (nSPS) is 15.2. The first-order valence-corrected chi connectivity index (χ1v) is 11.0. The van der Waals surface area contributed by atoms with Crippen molar-refractivity contribution in [3.8, 4) is 0 Å². The topological polar surface area (TPSA) is 227 Å². The molecule has 0 aromatic rings. The first kappa shape index (κ1) is 26.1. The third-order valence-corrected chi connectivity index (χ3v) is 4.92. The molecule has 13 nitrogen and oxygen atoms in total. The summed E-state index contributed by atoms with van der Waals surface area (Å²) in [5.74, 6) is -5.31. The molecule has 6 N–H and O–H groups in total. The van der Waals surface area contributed by atoms with Crippen LogP contribution >= 0.6 is 0 Å². The lowest BCUT2D eigenvalue weighted by atomic mass is 10.1. The van der Waals surface area contributed by atoms with E-state index in [0.717, 1.165) is 13.8 Å². The Bertz CT molecular complexity index is 822. The molecule has 0 aliphatic rings. The van der Waals surface area contributed by atoms with Crippen molar-refractivity contribution < 1.29 is 45.1 Å². The van der Waals surface area contributed by atoms with Crippen molar-refractivity contribution in [3.63, 3.8) is 0 Å². The molecule has 162 valence electrons. The second-order valence-electron chi connectivity index (χ2n) is 6.04. The summed E-state index contributed by atoms with van der Waals surface area (Å²) in [7, 11) is -9.07. The Kier molecular flexibility index (Phi) is 9.83. The van der Waals surface area contributed by atoms with Crippen molar-refractivity contribution in [3.05, 3.63) is 0 Å². The van der Waals surface area contributed by atoms with E-state index in [1.807, 2.05) is 5.32 Å². The molecule has 0 saturated heterocycles. The predicted octanol–water partition coefficient (Wildman–Crippen LogP) is -2.98. The summed E-state index contributed by atoms with van der Waals surface area (Å²) in [6, 6.07) is -4.35. The quantitative estimate of drug-likeness (QED) is 0.190. The molecule has 0 aromatic carbocycles. The SMILES string of the molecule is CC(=O)[C@H](CS(=O)(=O)O)NC(=O)CC[C@H](N)C(=O)N[C@@H](CS(=O)(=O)O)C(C)=O. The summed E-state index contributed by atoms with van der Waals surface area (Å²) < 4.78 is 60.9. The first-order chi connectivity index (χ1) is 12.5. The van der Waals surface area contributed by atoms with Crippen LogP contribution in [-0.2, 0) is 39.4 Å². The van der Waals surface area contributed by atoms with Gasteiger partial charge >= 0.3 is 0 Å². The van der Waals surface area contributed by atoms with E-state index in [1.165, 1.54) is 0 Å². The summed E-state index contributed by atoms with van der Waals surface area (Å²) in [5, 5.41) is 4.11. The van der Waals surface area contributed by atoms with Crippen LogP contribution in [0.1, 0.15) is 26.7 Å². The van der Waals surface area contributed by atoms with Gasteiger partial charge in [0.05, 0.1) is 6.04 Å². The lowest BCUT2D eigenvalue weighted by Crippen LogP contribution is -2.51. The summed E-state index contributed by atoms with van der Waals surface area (Å²) in [6.07, 6.45) is -0.697. The highest BCUT2D eigenvalue weighted by Gasteiger charge is 2.27. The van der Waals surface area contributed by atoms with Crippen molar-refractivity contribution in [2.45, 2.75) is 44.8 Å². The minimum Gasteiger partial charge on any atom is -0.345 e. The van der Waals surface area contributed by atoms with Gasteiger partial charge in [-0.3, -0.25) is 28.3 Å². The molecule has 0 fully saturated rings. The van der Waals surface area contributed by atoms with Crippen LogP contribution < -0.4 is 16.4 Å². The lowest BCUT2D eigenvalue weighted by molar-refractivity contribution is -0.128. The maximum absolute atomic E-state index is 11.9. The molecular formula is C13H23N3O10S2. The van der Waals surface area contributed by atoms with E-state index in [4.69, 9.17) is 14.8 Å². The number of rotatable bonds is 12. The van der Waals surface area contributed by atoms with Gasteiger partial charge in [0.15, 0.2) is 11.6 Å². The lowest BCUT2D eigenvalue weighted by Gasteiger charge is -2.18. The monoisotopic (exact) mass is 445 g/mol. The van der Waals surface area contributed by atoms with E-state index in [9.17, 15) is 36.0 Å². The second-order valence-corrected chi connectivity index (χ2v) is 9.04. The number of carbonyl (C=O) groups excluding carboxylic acids is 4. The zero-order valence-corrected chi connectivity index (χ0v) is 16.7. The Morgan fingerprint density at radius 1 is 0.857 bits per heavy atom. The highest BCUT2D eigenvalue weighted by molar-refractivity contribution is 7.86. The van der Waals surface area contributed by atoms with Gasteiger partial charge in [-0.1, -0.05) is 0 Å². The fraction of sp³-hybridized carbons (Fsp3) is 0.692. The third-order valence-electron chi connectivity index (χ3n) is 3.41. The molecule has 0 aromatic heterocycles. The van der Waals surface area contributed by atoms with Gasteiger partial charge in [-0.2, -0.15) is 16.8 Å². The molecule has 0 radical (unpaired) electrons. The highest BCUT2D eigenvalue weighted by atomic mass is 32.2. The van der Waals surface area contributed by atoms with Gasteiger partial charge in [0.1, 0.15) is 23.6 Å². The zero-order chi connectivity index (χ0) is 22.3. The third kappa shape index (κ3) is 11.7. The van der Waals surface area contributed by atoms with Crippen molar-refractivity contribution >= 4 is 43.6 Å². The number of nitrogens with two attached hydrogens (primary N) is 1. The number of ketones is 2. The molecule has 0 unspecified atom stereocenters. The van der Waals surface area contributed by atoms with Gasteiger partial charge in [0, 0.05) is 6.42 Å². The van der Waals surface area contributed by atoms with Crippen LogP contribution in [-0.4, -0.2) is 79.0 Å². The zero-order valence-electron chi connectivity index (χ0n) is 15.1. The smallest absolute Gasteiger partial charge is 0.267 e. The van der Waals surface area contributed by atoms with Crippen LogP contribution in [0, 0.1) is 0 Å². The number of hydrogen-bond donors (Lipinski definition) is 5. The summed E-state index contributed by atoms with van der Waals surface area (Å²) in [4.78, 5) is 46.4. The molecule has 0 bridgehead atoms. The predicted molar refractivity (Wildman–Crippen MR) is 95.3 cm³/mol. The molecule has 0 rings (SSSR count). The van der Waals surface area contributed by atoms with Crippen LogP contribution in [0.5, 0.6) is 0 Å². The Balaban J connectivity index is 4.75. The number of nitrogens with one attached hydrogen (secondary N) is 2. The largest absolute Gasteiger partial charge is 0.345 e. The molecule has 0 spiro atoms. The number of hydrogen-bond acceptors (Lipinski definition) is 9. The molecule has 0 aliphatic carbocycles. The van der Waals surface area contributed by atoms with Crippen LogP contribution in [0.15, 0.2) is 0 Å². The standard InChI is InChI=1S/C13H23N3O10S2/c1-7(17)10(5-27(21,22)23)15-12(19)4-3-9(14)13(20)16-11(8(2)18)6-28(24,25)26/h9-11H,3-6,14H2,1-2H3,(H,15,19)(H,16,20)(H,21,22,23)(H,24,25,26)/t9-,10-,11-/m0/s1. The van der Waals surface area contributed by atoms with Gasteiger partial charge in [0.25, 0.3) is 20.2 Å². The number of Topliss-reactive ketones (excluding diaryl/α,β-unsaturated/α-hetero) is 2. The molecular weight excluding hydrogens is 422 g/mol. The van der Waals surface area contributed by atoms with Crippen LogP contribution in [0.25, 0.3) is 0 Å². The Morgan fingerprint density at radius 2 is 1.25 bits per heavy atom. The van der Waals surface area contributed by atoms with Gasteiger partial charge in [-0.25, -0.2) is 0 Å². The van der Waals surface area contributed by atoms with Gasteiger partial charge in [-0.05, 0) is 20.3 Å². The van der Waals surface area contributed by atoms with Crippen molar-refractivity contribution in [1.29, 1.82) is 0 Å². The molecule has 0 aliphatic heterocycles. The van der Waals surface area contributed by atoms with Crippen LogP contribution in [0.3, 0.4) is 0 Å². The van der Waals surface area contributed by atoms with Gasteiger partial charge in [-0.15, -0.1) is 0 Å². The summed E-state index contributed by atoms with van der Waals surface area (Å²) in [5.41, 5.74) is 5.55. The Morgan fingerprint density at radius 3 is 1.61 bits per heavy atom. The summed E-state index contributed by atoms with van der Waals surface area (Å²) >= 11 is 0. The maximum Gasteiger partial charge on any atom is 0.267 e. The van der Waals surface area contributed by atoms with Crippen LogP contribution in [0.2, 0.25) is 0 Å². The van der Waals surface area contributed by atoms with Crippen LogP contribution in [0.4, 0.5) is 0 Å².